The van der Waals surface area contributed by atoms with Crippen molar-refractivity contribution in [1.82, 2.24) is 4.98 Å². The summed E-state index contributed by atoms with van der Waals surface area (Å²) in [6.45, 7) is 3.41. The molecule has 156 valence electrons. The number of anilines is 1. The number of nitrogens with zero attached hydrogens (tertiary/aromatic N) is 1. The molecule has 2 aromatic carbocycles. The van der Waals surface area contributed by atoms with E-state index in [-0.39, 0.29) is 0 Å². The van der Waals surface area contributed by atoms with Gasteiger partial charge in [0, 0.05) is 35.0 Å². The van der Waals surface area contributed by atoms with Gasteiger partial charge in [-0.15, -0.1) is 0 Å². The van der Waals surface area contributed by atoms with E-state index in [1.54, 1.807) is 18.2 Å². The van der Waals surface area contributed by atoms with Crippen molar-refractivity contribution < 1.29 is 23.8 Å². The first-order valence-corrected chi connectivity index (χ1v) is 9.55. The summed E-state index contributed by atoms with van der Waals surface area (Å²) in [5.41, 5.74) is 3.23. The van der Waals surface area contributed by atoms with Crippen molar-refractivity contribution in [1.29, 1.82) is 0 Å². The van der Waals surface area contributed by atoms with Crippen LogP contribution in [0.15, 0.2) is 42.5 Å². The third kappa shape index (κ3) is 4.51. The SMILES string of the molecule is CCc1nc2ccccc2c(C(=O)OCC(=O)Nc2cc(OC)cc(OC)c2)c1C. The number of methoxy groups -OCH3 is 2. The van der Waals surface area contributed by atoms with E-state index in [0.29, 0.717) is 34.6 Å². The van der Waals surface area contributed by atoms with Crippen LogP contribution in [0.5, 0.6) is 11.5 Å². The summed E-state index contributed by atoms with van der Waals surface area (Å²) in [6.07, 6.45) is 0.690. The van der Waals surface area contributed by atoms with Crippen LogP contribution in [0, 0.1) is 6.92 Å². The highest BCUT2D eigenvalue weighted by atomic mass is 16.5. The van der Waals surface area contributed by atoms with Crippen molar-refractivity contribution in [3.05, 3.63) is 59.3 Å². The molecule has 0 saturated heterocycles. The summed E-state index contributed by atoms with van der Waals surface area (Å²) < 4.78 is 15.7. The van der Waals surface area contributed by atoms with Gasteiger partial charge in [0.15, 0.2) is 6.61 Å². The minimum absolute atomic E-state index is 0.421. The van der Waals surface area contributed by atoms with Crippen molar-refractivity contribution in [3.63, 3.8) is 0 Å². The van der Waals surface area contributed by atoms with E-state index in [1.807, 2.05) is 38.1 Å². The molecule has 1 heterocycles. The van der Waals surface area contributed by atoms with Crippen molar-refractivity contribution in [3.8, 4) is 11.5 Å². The number of esters is 1. The second-order valence-electron chi connectivity index (χ2n) is 6.65. The Morgan fingerprint density at radius 2 is 1.70 bits per heavy atom. The van der Waals surface area contributed by atoms with Gasteiger partial charge in [0.1, 0.15) is 11.5 Å². The normalized spacial score (nSPS) is 10.5. The summed E-state index contributed by atoms with van der Waals surface area (Å²) in [5, 5.41) is 3.39. The van der Waals surface area contributed by atoms with Crippen LogP contribution in [0.1, 0.15) is 28.5 Å². The standard InChI is InChI=1S/C23H24N2O5/c1-5-19-14(2)22(18-8-6-7-9-20(18)25-19)23(27)30-13-21(26)24-15-10-16(28-3)12-17(11-15)29-4/h6-12H,5,13H2,1-4H3,(H,24,26). The number of carbonyl (C=O) groups is 2. The second-order valence-corrected chi connectivity index (χ2v) is 6.65. The van der Waals surface area contributed by atoms with Gasteiger partial charge in [-0.3, -0.25) is 9.78 Å². The van der Waals surface area contributed by atoms with Crippen LogP contribution in [-0.4, -0.2) is 37.7 Å². The van der Waals surface area contributed by atoms with Gasteiger partial charge >= 0.3 is 5.97 Å². The Morgan fingerprint density at radius 3 is 2.33 bits per heavy atom. The summed E-state index contributed by atoms with van der Waals surface area (Å²) in [7, 11) is 3.04. The highest BCUT2D eigenvalue weighted by Crippen LogP contribution is 2.26. The average molecular weight is 408 g/mol. The first kappa shape index (κ1) is 21.1. The smallest absolute Gasteiger partial charge is 0.339 e. The molecule has 0 aliphatic heterocycles. The highest BCUT2D eigenvalue weighted by Gasteiger charge is 2.19. The molecule has 0 aliphatic carbocycles. The number of aromatic nitrogens is 1. The number of amides is 1. The molecule has 0 saturated carbocycles. The Bertz CT molecular complexity index is 1070. The number of para-hydroxylation sites is 1. The number of pyridine rings is 1. The van der Waals surface area contributed by atoms with Crippen LogP contribution in [0.25, 0.3) is 10.9 Å². The number of ether oxygens (including phenoxy) is 3. The number of hydrogen-bond acceptors (Lipinski definition) is 6. The van der Waals surface area contributed by atoms with Crippen molar-refractivity contribution >= 4 is 28.5 Å². The Kier molecular flexibility index (Phi) is 6.51. The quantitative estimate of drug-likeness (QED) is 0.597. The fourth-order valence-corrected chi connectivity index (χ4v) is 3.25. The molecule has 0 fully saturated rings. The molecular formula is C23H24N2O5. The minimum Gasteiger partial charge on any atom is -0.497 e. The summed E-state index contributed by atoms with van der Waals surface area (Å²) >= 11 is 0. The Labute approximate surface area is 175 Å². The number of fused-ring (bicyclic) bond motifs is 1. The van der Waals surface area contributed by atoms with Gasteiger partial charge in [0.25, 0.3) is 5.91 Å². The molecule has 7 nitrogen and oxygen atoms in total. The molecule has 0 radical (unpaired) electrons. The summed E-state index contributed by atoms with van der Waals surface area (Å²) in [4.78, 5) is 29.8. The maximum Gasteiger partial charge on any atom is 0.339 e. The lowest BCUT2D eigenvalue weighted by Crippen LogP contribution is -2.21. The second kappa shape index (κ2) is 9.26. The number of nitrogens with one attached hydrogen (secondary N) is 1. The topological polar surface area (TPSA) is 86.8 Å². The predicted molar refractivity (Wildman–Crippen MR) is 114 cm³/mol. The maximum atomic E-state index is 12.8. The van der Waals surface area contributed by atoms with Crippen LogP contribution in [-0.2, 0) is 16.0 Å². The van der Waals surface area contributed by atoms with E-state index < -0.39 is 18.5 Å². The first-order chi connectivity index (χ1) is 14.5. The van der Waals surface area contributed by atoms with Gasteiger partial charge in [-0.2, -0.15) is 0 Å². The molecular weight excluding hydrogens is 384 g/mol. The van der Waals surface area contributed by atoms with Gasteiger partial charge in [0.2, 0.25) is 0 Å². The molecule has 30 heavy (non-hydrogen) atoms. The number of rotatable bonds is 7. The van der Waals surface area contributed by atoms with Gasteiger partial charge in [0.05, 0.1) is 25.3 Å². The van der Waals surface area contributed by atoms with Crippen LogP contribution >= 0.6 is 0 Å². The molecule has 7 heteroatoms. The summed E-state index contributed by atoms with van der Waals surface area (Å²) in [5.74, 6) is 0.0461. The maximum absolute atomic E-state index is 12.8. The zero-order valence-corrected chi connectivity index (χ0v) is 17.4. The molecule has 0 aliphatic rings. The lowest BCUT2D eigenvalue weighted by molar-refractivity contribution is -0.119. The molecule has 3 aromatic rings. The van der Waals surface area contributed by atoms with Crippen molar-refractivity contribution in [2.45, 2.75) is 20.3 Å². The number of hydrogen-bond donors (Lipinski definition) is 1. The molecule has 1 N–H and O–H groups in total. The predicted octanol–water partition coefficient (Wildman–Crippen LogP) is 3.92. The van der Waals surface area contributed by atoms with Crippen LogP contribution in [0.3, 0.4) is 0 Å². The molecule has 1 aromatic heterocycles. The van der Waals surface area contributed by atoms with Crippen molar-refractivity contribution in [2.75, 3.05) is 26.1 Å². The van der Waals surface area contributed by atoms with E-state index >= 15 is 0 Å². The van der Waals surface area contributed by atoms with Gasteiger partial charge in [-0.05, 0) is 25.0 Å². The first-order valence-electron chi connectivity index (χ1n) is 9.55. The van der Waals surface area contributed by atoms with Crippen LogP contribution in [0.2, 0.25) is 0 Å². The minimum atomic E-state index is -0.556. The van der Waals surface area contributed by atoms with Gasteiger partial charge < -0.3 is 19.5 Å². The van der Waals surface area contributed by atoms with Crippen LogP contribution in [0.4, 0.5) is 5.69 Å². The van der Waals surface area contributed by atoms with E-state index in [0.717, 1.165) is 16.8 Å². The van der Waals surface area contributed by atoms with Crippen molar-refractivity contribution in [2.24, 2.45) is 0 Å². The molecule has 3 rings (SSSR count). The Hall–Kier alpha value is -3.61. The Balaban J connectivity index is 1.76. The zero-order chi connectivity index (χ0) is 21.7. The number of benzene rings is 2. The molecule has 0 spiro atoms. The fourth-order valence-electron chi connectivity index (χ4n) is 3.25. The van der Waals surface area contributed by atoms with E-state index in [1.165, 1.54) is 14.2 Å². The third-order valence-corrected chi connectivity index (χ3v) is 4.75. The number of aryl methyl sites for hydroxylation is 1. The summed E-state index contributed by atoms with van der Waals surface area (Å²) in [6, 6.07) is 12.4. The lowest BCUT2D eigenvalue weighted by Gasteiger charge is -2.13. The fraction of sp³-hybridized carbons (Fsp3) is 0.261. The Morgan fingerprint density at radius 1 is 1.03 bits per heavy atom. The molecule has 0 atom stereocenters. The number of carbonyl (C=O) groups excluding carboxylic acids is 2. The third-order valence-electron chi connectivity index (χ3n) is 4.75. The highest BCUT2D eigenvalue weighted by molar-refractivity contribution is 6.06. The van der Waals surface area contributed by atoms with E-state index in [4.69, 9.17) is 14.2 Å². The monoisotopic (exact) mass is 408 g/mol. The van der Waals surface area contributed by atoms with Gasteiger partial charge in [-0.25, -0.2) is 4.79 Å². The van der Waals surface area contributed by atoms with E-state index in [9.17, 15) is 9.59 Å². The average Bonchev–Trinajstić information content (AvgIpc) is 2.76. The van der Waals surface area contributed by atoms with Crippen LogP contribution < -0.4 is 14.8 Å². The largest absolute Gasteiger partial charge is 0.497 e. The zero-order valence-electron chi connectivity index (χ0n) is 17.4. The molecule has 1 amide bonds. The van der Waals surface area contributed by atoms with E-state index in [2.05, 4.69) is 10.3 Å². The lowest BCUT2D eigenvalue weighted by atomic mass is 10.0. The van der Waals surface area contributed by atoms with Gasteiger partial charge in [-0.1, -0.05) is 25.1 Å². The molecule has 0 unspecified atom stereocenters. The molecule has 0 bridgehead atoms.